The molecule has 0 unspecified atom stereocenters. The van der Waals surface area contributed by atoms with Crippen LogP contribution in [0.15, 0.2) is 60.8 Å². The second-order valence-electron chi connectivity index (χ2n) is 9.79. The van der Waals surface area contributed by atoms with E-state index in [9.17, 15) is 18.0 Å². The van der Waals surface area contributed by atoms with E-state index in [1.54, 1.807) is 18.3 Å². The summed E-state index contributed by atoms with van der Waals surface area (Å²) in [5, 5.41) is 18.6. The fraction of sp³-hybridized carbons (Fsp3) is 0.370. The Morgan fingerprint density at radius 1 is 1.08 bits per heavy atom. The molecule has 3 heterocycles. The number of aromatic nitrogens is 3. The lowest BCUT2D eigenvalue weighted by Gasteiger charge is -2.37. The fourth-order valence-electron chi connectivity index (χ4n) is 4.67. The zero-order valence-corrected chi connectivity index (χ0v) is 20.6. The minimum Gasteiger partial charge on any atom is -0.309 e. The minimum absolute atomic E-state index is 0.0295. The Balaban J connectivity index is 1.57. The summed E-state index contributed by atoms with van der Waals surface area (Å²) in [6, 6.07) is 17.0. The SMILES string of the molecule is CC(C)(c1ccccn1)N1CC[C@@](CCc2ccc(C#N)cc2)(C(=O)Nc2ccc(C(F)(F)F)nn2)C1. The van der Waals surface area contributed by atoms with E-state index in [2.05, 4.69) is 45.3 Å². The summed E-state index contributed by atoms with van der Waals surface area (Å²) in [7, 11) is 0. The van der Waals surface area contributed by atoms with Gasteiger partial charge in [-0.25, -0.2) is 0 Å². The highest BCUT2D eigenvalue weighted by Crippen LogP contribution is 2.42. The average molecular weight is 509 g/mol. The smallest absolute Gasteiger partial charge is 0.309 e. The summed E-state index contributed by atoms with van der Waals surface area (Å²) in [5.74, 6) is -0.340. The van der Waals surface area contributed by atoms with Gasteiger partial charge in [0.15, 0.2) is 11.5 Å². The van der Waals surface area contributed by atoms with Crippen LogP contribution in [0.1, 0.15) is 49.2 Å². The number of aryl methyl sites for hydroxylation is 1. The lowest BCUT2D eigenvalue weighted by molar-refractivity contribution is -0.141. The fourth-order valence-corrected chi connectivity index (χ4v) is 4.67. The van der Waals surface area contributed by atoms with E-state index < -0.39 is 22.8 Å². The third-order valence-electron chi connectivity index (χ3n) is 7.09. The van der Waals surface area contributed by atoms with Crippen LogP contribution < -0.4 is 5.32 Å². The van der Waals surface area contributed by atoms with Crippen molar-refractivity contribution >= 4 is 11.7 Å². The number of halogens is 3. The van der Waals surface area contributed by atoms with Crippen molar-refractivity contribution < 1.29 is 18.0 Å². The molecule has 37 heavy (non-hydrogen) atoms. The Labute approximate surface area is 213 Å². The van der Waals surface area contributed by atoms with Crippen LogP contribution in [0.5, 0.6) is 0 Å². The number of nitrogens with one attached hydrogen (secondary N) is 1. The van der Waals surface area contributed by atoms with Crippen molar-refractivity contribution in [1.82, 2.24) is 20.1 Å². The van der Waals surface area contributed by atoms with E-state index in [4.69, 9.17) is 5.26 Å². The molecule has 192 valence electrons. The van der Waals surface area contributed by atoms with E-state index >= 15 is 0 Å². The summed E-state index contributed by atoms with van der Waals surface area (Å²) < 4.78 is 38.6. The Hall–Kier alpha value is -3.84. The molecule has 1 amide bonds. The van der Waals surface area contributed by atoms with Crippen molar-refractivity contribution in [3.05, 3.63) is 83.3 Å². The lowest BCUT2D eigenvalue weighted by Crippen LogP contribution is -2.45. The number of pyridine rings is 1. The van der Waals surface area contributed by atoms with Crippen molar-refractivity contribution in [2.75, 3.05) is 18.4 Å². The Bertz CT molecular complexity index is 1270. The maximum atomic E-state index is 13.7. The second-order valence-corrected chi connectivity index (χ2v) is 9.79. The summed E-state index contributed by atoms with van der Waals surface area (Å²) in [6.45, 7) is 5.20. The summed E-state index contributed by atoms with van der Waals surface area (Å²) >= 11 is 0. The predicted molar refractivity (Wildman–Crippen MR) is 131 cm³/mol. The predicted octanol–water partition coefficient (Wildman–Crippen LogP) is 4.96. The van der Waals surface area contributed by atoms with Gasteiger partial charge < -0.3 is 5.32 Å². The number of likely N-dealkylation sites (tertiary alicyclic amines) is 1. The third kappa shape index (κ3) is 5.78. The van der Waals surface area contributed by atoms with E-state index in [1.807, 2.05) is 30.3 Å². The topological polar surface area (TPSA) is 94.8 Å². The van der Waals surface area contributed by atoms with Gasteiger partial charge in [0.25, 0.3) is 0 Å². The first-order valence-electron chi connectivity index (χ1n) is 11.9. The van der Waals surface area contributed by atoms with Gasteiger partial charge in [-0.1, -0.05) is 18.2 Å². The molecule has 10 heteroatoms. The number of anilines is 1. The minimum atomic E-state index is -4.61. The first-order chi connectivity index (χ1) is 17.5. The summed E-state index contributed by atoms with van der Waals surface area (Å²) in [5.41, 5.74) is 0.0530. The standard InChI is InChI=1S/C27H27F3N6O/c1-25(2,21-5-3-4-15-32-21)36-16-14-26(18-36,13-12-19-6-8-20(17-31)9-7-19)24(37)33-23-11-10-22(34-35-23)27(28,29)30/h3-11,15H,12-14,16,18H2,1-2H3,(H,33,35,37)/t26-/m1/s1. The van der Waals surface area contributed by atoms with Crippen LogP contribution in [-0.2, 0) is 22.9 Å². The van der Waals surface area contributed by atoms with Crippen LogP contribution >= 0.6 is 0 Å². The number of nitriles is 1. The molecule has 0 spiro atoms. The van der Waals surface area contributed by atoms with E-state index in [-0.39, 0.29) is 11.7 Å². The zero-order valence-electron chi connectivity index (χ0n) is 20.6. The Morgan fingerprint density at radius 3 is 2.43 bits per heavy atom. The highest BCUT2D eigenvalue weighted by Gasteiger charge is 2.48. The van der Waals surface area contributed by atoms with Crippen LogP contribution in [-0.4, -0.2) is 39.1 Å². The number of amides is 1. The van der Waals surface area contributed by atoms with Crippen LogP contribution in [0.2, 0.25) is 0 Å². The maximum Gasteiger partial charge on any atom is 0.435 e. The molecule has 0 aliphatic carbocycles. The van der Waals surface area contributed by atoms with Crippen molar-refractivity contribution in [3.8, 4) is 6.07 Å². The molecule has 4 rings (SSSR count). The van der Waals surface area contributed by atoms with Crippen LogP contribution in [0.3, 0.4) is 0 Å². The van der Waals surface area contributed by atoms with E-state index in [0.717, 1.165) is 23.4 Å². The molecule has 3 aromatic rings. The van der Waals surface area contributed by atoms with Gasteiger partial charge in [0.05, 0.1) is 28.3 Å². The quantitative estimate of drug-likeness (QED) is 0.485. The molecule has 0 saturated carbocycles. The molecule has 1 N–H and O–H groups in total. The number of carbonyl (C=O) groups excluding carboxylic acids is 1. The number of alkyl halides is 3. The first kappa shape index (κ1) is 26.2. The molecule has 1 aliphatic heterocycles. The molecular formula is C27H27F3N6O. The molecule has 0 bridgehead atoms. The highest BCUT2D eigenvalue weighted by molar-refractivity contribution is 5.95. The van der Waals surface area contributed by atoms with E-state index in [1.165, 1.54) is 0 Å². The number of hydrogen-bond donors (Lipinski definition) is 1. The normalized spacial score (nSPS) is 18.4. The first-order valence-corrected chi connectivity index (χ1v) is 11.9. The van der Waals surface area contributed by atoms with Crippen molar-refractivity contribution in [2.24, 2.45) is 5.41 Å². The van der Waals surface area contributed by atoms with Crippen molar-refractivity contribution in [1.29, 1.82) is 5.26 Å². The number of benzene rings is 1. The maximum absolute atomic E-state index is 13.7. The van der Waals surface area contributed by atoms with Gasteiger partial charge in [0, 0.05) is 19.3 Å². The van der Waals surface area contributed by atoms with E-state index in [0.29, 0.717) is 37.9 Å². The number of rotatable bonds is 7. The molecule has 1 saturated heterocycles. The van der Waals surface area contributed by atoms with Crippen molar-refractivity contribution in [2.45, 2.75) is 44.8 Å². The third-order valence-corrected chi connectivity index (χ3v) is 7.09. The average Bonchev–Trinajstić information content (AvgIpc) is 3.35. The number of carbonyl (C=O) groups is 1. The zero-order chi connectivity index (χ0) is 26.7. The van der Waals surface area contributed by atoms with Gasteiger partial charge in [0.2, 0.25) is 5.91 Å². The Morgan fingerprint density at radius 2 is 1.84 bits per heavy atom. The van der Waals surface area contributed by atoms with Crippen molar-refractivity contribution in [3.63, 3.8) is 0 Å². The molecule has 7 nitrogen and oxygen atoms in total. The highest BCUT2D eigenvalue weighted by atomic mass is 19.4. The lowest BCUT2D eigenvalue weighted by atomic mass is 9.80. The molecule has 1 aromatic carbocycles. The Kier molecular flexibility index (Phi) is 7.28. The number of nitrogens with zero attached hydrogens (tertiary/aromatic N) is 5. The van der Waals surface area contributed by atoms with Gasteiger partial charge in [-0.2, -0.15) is 18.4 Å². The van der Waals surface area contributed by atoms with Gasteiger partial charge in [-0.05, 0) is 75.1 Å². The van der Waals surface area contributed by atoms with Crippen LogP contribution in [0.4, 0.5) is 19.0 Å². The summed E-state index contributed by atoms with van der Waals surface area (Å²) in [6.07, 6.45) is -1.22. The van der Waals surface area contributed by atoms with Gasteiger partial charge in [0.1, 0.15) is 0 Å². The van der Waals surface area contributed by atoms with Gasteiger partial charge >= 0.3 is 6.18 Å². The monoisotopic (exact) mass is 508 g/mol. The van der Waals surface area contributed by atoms with Gasteiger partial charge in [-0.15, -0.1) is 10.2 Å². The molecular weight excluding hydrogens is 481 g/mol. The largest absolute Gasteiger partial charge is 0.435 e. The molecule has 1 aliphatic rings. The van der Waals surface area contributed by atoms with Crippen LogP contribution in [0.25, 0.3) is 0 Å². The second kappa shape index (κ2) is 10.3. The van der Waals surface area contributed by atoms with Gasteiger partial charge in [-0.3, -0.25) is 14.7 Å². The summed E-state index contributed by atoms with van der Waals surface area (Å²) in [4.78, 5) is 20.4. The molecule has 0 radical (unpaired) electrons. The molecule has 1 fully saturated rings. The number of hydrogen-bond acceptors (Lipinski definition) is 6. The van der Waals surface area contributed by atoms with Crippen LogP contribution in [0, 0.1) is 16.7 Å². The molecule has 2 aromatic heterocycles. The molecule has 1 atom stereocenters.